The van der Waals surface area contributed by atoms with Gasteiger partial charge in [0.1, 0.15) is 5.82 Å². The molecule has 1 aliphatic heterocycles. The molecule has 1 saturated heterocycles. The van der Waals surface area contributed by atoms with Crippen molar-refractivity contribution < 1.29 is 32.6 Å². The number of carbonyl (C=O) groups excluding carboxylic acids is 1. The lowest BCUT2D eigenvalue weighted by atomic mass is 9.74. The minimum absolute atomic E-state index is 0.0201. The predicted octanol–water partition coefficient (Wildman–Crippen LogP) is 0.0852. The van der Waals surface area contributed by atoms with Gasteiger partial charge in [-0.25, -0.2) is 17.9 Å². The average molecular weight is 404 g/mol. The van der Waals surface area contributed by atoms with Gasteiger partial charge in [0.2, 0.25) is 10.0 Å². The number of likely N-dealkylation sites (tertiary alicyclic amines) is 1. The van der Waals surface area contributed by atoms with E-state index >= 15 is 0 Å². The van der Waals surface area contributed by atoms with Crippen LogP contribution in [0.5, 0.6) is 0 Å². The number of ether oxygens (including phenoxy) is 1. The van der Waals surface area contributed by atoms with E-state index in [0.717, 1.165) is 18.2 Å². The molecule has 8 nitrogen and oxygen atoms in total. The highest BCUT2D eigenvalue weighted by Gasteiger charge is 2.43. The Balaban J connectivity index is 2.28. The molecule has 0 aliphatic carbocycles. The molecule has 1 fully saturated rings. The van der Waals surface area contributed by atoms with Crippen LogP contribution in [0.1, 0.15) is 29.6 Å². The molecule has 1 amide bonds. The summed E-state index contributed by atoms with van der Waals surface area (Å²) in [6, 6.07) is 2.78. The summed E-state index contributed by atoms with van der Waals surface area (Å²) in [4.78, 5) is 13.8. The zero-order valence-electron chi connectivity index (χ0n) is 15.1. The minimum Gasteiger partial charge on any atom is -0.396 e. The molecule has 1 aromatic carbocycles. The number of nitrogens with zero attached hydrogens (tertiary/aromatic N) is 1. The first-order valence-corrected chi connectivity index (χ1v) is 10.1. The largest absolute Gasteiger partial charge is 0.396 e. The highest BCUT2D eigenvalue weighted by atomic mass is 32.2. The quantitative estimate of drug-likeness (QED) is 0.552. The summed E-state index contributed by atoms with van der Waals surface area (Å²) >= 11 is 0. The lowest BCUT2D eigenvalue weighted by Gasteiger charge is -2.45. The third-order valence-corrected chi connectivity index (χ3v) is 5.92. The van der Waals surface area contributed by atoms with Crippen molar-refractivity contribution in [2.24, 2.45) is 10.6 Å². The molecule has 1 aliphatic rings. The van der Waals surface area contributed by atoms with Gasteiger partial charge < -0.3 is 19.8 Å². The van der Waals surface area contributed by atoms with Gasteiger partial charge in [0.05, 0.1) is 23.2 Å². The van der Waals surface area contributed by atoms with E-state index in [2.05, 4.69) is 0 Å². The fourth-order valence-corrected chi connectivity index (χ4v) is 3.93. The van der Waals surface area contributed by atoms with Crippen LogP contribution >= 0.6 is 0 Å². The number of primary sulfonamides is 1. The number of benzene rings is 1. The number of rotatable bonds is 7. The van der Waals surface area contributed by atoms with Crippen molar-refractivity contribution in [3.63, 3.8) is 0 Å². The number of aliphatic hydroxyl groups excluding tert-OH is 2. The molecule has 0 radical (unpaired) electrons. The second-order valence-electron chi connectivity index (χ2n) is 6.83. The number of amides is 1. The molecule has 2 atom stereocenters. The van der Waals surface area contributed by atoms with Gasteiger partial charge in [0.15, 0.2) is 0 Å². The Morgan fingerprint density at radius 2 is 2.19 bits per heavy atom. The van der Waals surface area contributed by atoms with Crippen LogP contribution in [-0.4, -0.2) is 69.0 Å². The van der Waals surface area contributed by atoms with Crippen LogP contribution in [-0.2, 0) is 14.8 Å². The Hall–Kier alpha value is -1.59. The molecule has 152 valence electrons. The summed E-state index contributed by atoms with van der Waals surface area (Å²) < 4.78 is 42.1. The van der Waals surface area contributed by atoms with E-state index in [4.69, 9.17) is 9.88 Å². The highest BCUT2D eigenvalue weighted by Crippen LogP contribution is 2.35. The molecule has 1 heterocycles. The van der Waals surface area contributed by atoms with Gasteiger partial charge >= 0.3 is 0 Å². The SMILES string of the molecule is COCCC[C@@]1(CO)CN(C(=O)c2cc(S(N)(=O)=O)ccc2F)CC[C@H]1O. The smallest absolute Gasteiger partial charge is 0.256 e. The van der Waals surface area contributed by atoms with Crippen molar-refractivity contribution in [1.82, 2.24) is 4.90 Å². The molecule has 4 N–H and O–H groups in total. The highest BCUT2D eigenvalue weighted by molar-refractivity contribution is 7.89. The molecule has 0 spiro atoms. The monoisotopic (exact) mass is 404 g/mol. The molecule has 0 aromatic heterocycles. The van der Waals surface area contributed by atoms with Gasteiger partial charge in [0, 0.05) is 32.2 Å². The normalized spacial score (nSPS) is 23.4. The lowest BCUT2D eigenvalue weighted by Crippen LogP contribution is -2.55. The third kappa shape index (κ3) is 4.82. The predicted molar refractivity (Wildman–Crippen MR) is 94.9 cm³/mol. The lowest BCUT2D eigenvalue weighted by molar-refractivity contribution is -0.0745. The number of hydrogen-bond acceptors (Lipinski definition) is 6. The standard InChI is InChI=1S/C17H25FN2O6S/c1-26-8-2-6-17(11-21)10-20(7-5-15(17)22)16(23)13-9-12(27(19,24)25)3-4-14(13)18/h3-4,9,15,21-22H,2,5-8,10-11H2,1H3,(H2,19,24,25)/t15-,17+/m1/s1. The van der Waals surface area contributed by atoms with Crippen molar-refractivity contribution in [2.45, 2.75) is 30.3 Å². The van der Waals surface area contributed by atoms with Crippen LogP contribution in [0.3, 0.4) is 0 Å². The number of methoxy groups -OCH3 is 1. The molecule has 1 aromatic rings. The molecule has 10 heteroatoms. The number of hydrogen-bond donors (Lipinski definition) is 3. The maximum atomic E-state index is 14.2. The summed E-state index contributed by atoms with van der Waals surface area (Å²) in [6.07, 6.45) is 0.396. The Kier molecular flexibility index (Phi) is 6.92. The fourth-order valence-electron chi connectivity index (χ4n) is 3.39. The first-order valence-electron chi connectivity index (χ1n) is 8.54. The zero-order chi connectivity index (χ0) is 20.2. The molecule has 27 heavy (non-hydrogen) atoms. The average Bonchev–Trinajstić information content (AvgIpc) is 2.62. The second-order valence-corrected chi connectivity index (χ2v) is 8.40. The van der Waals surface area contributed by atoms with Crippen LogP contribution in [0.2, 0.25) is 0 Å². The molecule has 0 saturated carbocycles. The maximum Gasteiger partial charge on any atom is 0.256 e. The Labute approximate surface area is 157 Å². The molecule has 2 rings (SSSR count). The molecular formula is C17H25FN2O6S. The second kappa shape index (κ2) is 8.61. The van der Waals surface area contributed by atoms with Gasteiger partial charge in [0.25, 0.3) is 5.91 Å². The maximum absolute atomic E-state index is 14.2. The Morgan fingerprint density at radius 1 is 1.48 bits per heavy atom. The number of nitrogens with two attached hydrogens (primary N) is 1. The topological polar surface area (TPSA) is 130 Å². The number of sulfonamides is 1. The van der Waals surface area contributed by atoms with Gasteiger partial charge in [-0.3, -0.25) is 4.79 Å². The van der Waals surface area contributed by atoms with Crippen molar-refractivity contribution in [3.8, 4) is 0 Å². The van der Waals surface area contributed by atoms with Crippen LogP contribution in [0.25, 0.3) is 0 Å². The fraction of sp³-hybridized carbons (Fsp3) is 0.588. The van der Waals surface area contributed by atoms with E-state index in [-0.39, 0.29) is 31.0 Å². The molecular weight excluding hydrogens is 379 g/mol. The molecule has 0 unspecified atom stereocenters. The van der Waals surface area contributed by atoms with Crippen LogP contribution in [0, 0.1) is 11.2 Å². The van der Waals surface area contributed by atoms with Crippen LogP contribution in [0.15, 0.2) is 23.1 Å². The van der Waals surface area contributed by atoms with Crippen LogP contribution < -0.4 is 5.14 Å². The van der Waals surface area contributed by atoms with E-state index < -0.39 is 38.8 Å². The van der Waals surface area contributed by atoms with E-state index in [9.17, 15) is 27.8 Å². The van der Waals surface area contributed by atoms with Crippen molar-refractivity contribution >= 4 is 15.9 Å². The van der Waals surface area contributed by atoms with E-state index in [1.165, 1.54) is 4.90 Å². The van der Waals surface area contributed by atoms with Gasteiger partial charge in [-0.05, 0) is 37.5 Å². The summed E-state index contributed by atoms with van der Waals surface area (Å²) in [5, 5.41) is 25.3. The molecule has 0 bridgehead atoms. The third-order valence-electron chi connectivity index (χ3n) is 5.01. The number of halogens is 1. The summed E-state index contributed by atoms with van der Waals surface area (Å²) in [5.41, 5.74) is -1.36. The Morgan fingerprint density at radius 3 is 2.78 bits per heavy atom. The van der Waals surface area contributed by atoms with Crippen molar-refractivity contribution in [1.29, 1.82) is 0 Å². The number of aliphatic hydroxyl groups is 2. The minimum atomic E-state index is -4.09. The van der Waals surface area contributed by atoms with E-state index in [1.54, 1.807) is 7.11 Å². The van der Waals surface area contributed by atoms with Crippen molar-refractivity contribution in [3.05, 3.63) is 29.6 Å². The Bertz CT molecular complexity index is 788. The first-order chi connectivity index (χ1) is 12.6. The van der Waals surface area contributed by atoms with Gasteiger partial charge in [-0.15, -0.1) is 0 Å². The zero-order valence-corrected chi connectivity index (χ0v) is 15.9. The van der Waals surface area contributed by atoms with Crippen molar-refractivity contribution in [2.75, 3.05) is 33.4 Å². The van der Waals surface area contributed by atoms with Crippen LogP contribution in [0.4, 0.5) is 4.39 Å². The summed E-state index contributed by atoms with van der Waals surface area (Å²) in [6.45, 7) is 0.270. The van der Waals surface area contributed by atoms with E-state index in [1.807, 2.05) is 0 Å². The summed E-state index contributed by atoms with van der Waals surface area (Å²) in [7, 11) is -2.55. The van der Waals surface area contributed by atoms with Gasteiger partial charge in [-0.1, -0.05) is 0 Å². The number of carbonyl (C=O) groups is 1. The van der Waals surface area contributed by atoms with Gasteiger partial charge in [-0.2, -0.15) is 0 Å². The summed E-state index contributed by atoms with van der Waals surface area (Å²) in [5.74, 6) is -1.58. The number of piperidine rings is 1. The first kappa shape index (κ1) is 21.7. The van der Waals surface area contributed by atoms with E-state index in [0.29, 0.717) is 19.4 Å².